The second kappa shape index (κ2) is 8.41. The Morgan fingerprint density at radius 1 is 1.03 bits per heavy atom. The van der Waals surface area contributed by atoms with E-state index in [9.17, 15) is 4.79 Å². The highest BCUT2D eigenvalue weighted by Gasteiger charge is 2.26. The van der Waals surface area contributed by atoms with Gasteiger partial charge in [-0.15, -0.1) is 0 Å². The number of carbonyl (C=O) groups excluding carboxylic acids is 1. The molecule has 3 aromatic rings. The molecule has 33 heavy (non-hydrogen) atoms. The Balaban J connectivity index is 1.28. The van der Waals surface area contributed by atoms with Crippen molar-refractivity contribution in [3.63, 3.8) is 0 Å². The van der Waals surface area contributed by atoms with Crippen LogP contribution >= 0.6 is 0 Å². The van der Waals surface area contributed by atoms with Crippen LogP contribution in [0, 0.1) is 13.8 Å². The highest BCUT2D eigenvalue weighted by molar-refractivity contribution is 6.32. The van der Waals surface area contributed by atoms with Crippen LogP contribution in [0.25, 0.3) is 5.57 Å². The quantitative estimate of drug-likeness (QED) is 0.385. The Hall–Kier alpha value is -3.57. The summed E-state index contributed by atoms with van der Waals surface area (Å²) in [7, 11) is 0. The number of carbonyl (C=O) groups is 1. The largest absolute Gasteiger partial charge is 0.399 e. The summed E-state index contributed by atoms with van der Waals surface area (Å²) in [6, 6.07) is 18.7. The van der Waals surface area contributed by atoms with Crippen LogP contribution in [0.15, 0.2) is 60.3 Å². The van der Waals surface area contributed by atoms with Gasteiger partial charge in [0.2, 0.25) is 0 Å². The first-order chi connectivity index (χ1) is 15.9. The first-order valence-corrected chi connectivity index (χ1v) is 11.5. The number of fused-ring (bicyclic) bond motifs is 2. The summed E-state index contributed by atoms with van der Waals surface area (Å²) in [5, 5.41) is 6.31. The smallest absolute Gasteiger partial charge is 0.258 e. The molecule has 3 aromatic carbocycles. The second-order valence-electron chi connectivity index (χ2n) is 9.25. The Bertz CT molecular complexity index is 1270. The predicted octanol–water partition coefficient (Wildman–Crippen LogP) is 5.24. The van der Waals surface area contributed by atoms with Gasteiger partial charge in [0.1, 0.15) is 0 Å². The molecule has 0 atom stereocenters. The van der Waals surface area contributed by atoms with Crippen LogP contribution in [-0.2, 0) is 24.3 Å². The highest BCUT2D eigenvalue weighted by atomic mass is 16.2. The molecule has 0 radical (unpaired) electrons. The monoisotopic (exact) mass is 438 g/mol. The molecule has 0 aliphatic carbocycles. The van der Waals surface area contributed by atoms with Crippen molar-refractivity contribution in [1.29, 1.82) is 0 Å². The normalized spacial score (nSPS) is 16.8. The summed E-state index contributed by atoms with van der Waals surface area (Å²) < 4.78 is 0. The number of nitrogens with two attached hydrogens (primary N) is 1. The number of aryl methyl sites for hydroxylation is 2. The van der Waals surface area contributed by atoms with E-state index in [2.05, 4.69) is 65.8 Å². The number of allylic oxidation sites excluding steroid dienone is 1. The average Bonchev–Trinajstić information content (AvgIpc) is 3.11. The van der Waals surface area contributed by atoms with Crippen molar-refractivity contribution >= 4 is 28.5 Å². The lowest BCUT2D eigenvalue weighted by Gasteiger charge is -2.29. The molecule has 5 nitrogen and oxygen atoms in total. The third-order valence-electron chi connectivity index (χ3n) is 6.76. The zero-order valence-corrected chi connectivity index (χ0v) is 19.5. The van der Waals surface area contributed by atoms with Gasteiger partial charge in [-0.25, -0.2) is 0 Å². The number of nitrogen functional groups attached to an aromatic ring is 1. The van der Waals surface area contributed by atoms with Gasteiger partial charge < -0.3 is 16.4 Å². The minimum atomic E-state index is -0.104. The Morgan fingerprint density at radius 3 is 2.52 bits per heavy atom. The van der Waals surface area contributed by atoms with Crippen LogP contribution in [0.5, 0.6) is 0 Å². The number of nitrogens with one attached hydrogen (secondary N) is 2. The highest BCUT2D eigenvalue weighted by Crippen LogP contribution is 2.35. The molecule has 0 spiro atoms. The zero-order valence-electron chi connectivity index (χ0n) is 19.5. The molecule has 2 heterocycles. The van der Waals surface area contributed by atoms with Gasteiger partial charge in [-0.1, -0.05) is 24.3 Å². The van der Waals surface area contributed by atoms with Gasteiger partial charge in [-0.3, -0.25) is 9.69 Å². The summed E-state index contributed by atoms with van der Waals surface area (Å²) in [5.41, 5.74) is 17.6. The first-order valence-electron chi connectivity index (χ1n) is 11.5. The summed E-state index contributed by atoms with van der Waals surface area (Å²) in [4.78, 5) is 15.0. The van der Waals surface area contributed by atoms with Crippen molar-refractivity contribution in [3.8, 4) is 0 Å². The maximum absolute atomic E-state index is 12.5. The van der Waals surface area contributed by atoms with Crippen LogP contribution in [0.4, 0.5) is 17.1 Å². The van der Waals surface area contributed by atoms with E-state index in [1.807, 2.05) is 19.1 Å². The van der Waals surface area contributed by atoms with E-state index in [4.69, 9.17) is 5.73 Å². The number of nitrogens with zero attached hydrogens (tertiary/aromatic N) is 1. The summed E-state index contributed by atoms with van der Waals surface area (Å²) >= 11 is 0. The molecular formula is C28H30N4O. The van der Waals surface area contributed by atoms with Gasteiger partial charge in [0.25, 0.3) is 5.91 Å². The van der Waals surface area contributed by atoms with Crippen molar-refractivity contribution in [2.75, 3.05) is 22.9 Å². The predicted molar refractivity (Wildman–Crippen MR) is 136 cm³/mol. The third-order valence-corrected chi connectivity index (χ3v) is 6.76. The number of anilines is 3. The molecule has 0 fully saturated rings. The van der Waals surface area contributed by atoms with Crippen LogP contribution < -0.4 is 16.4 Å². The fourth-order valence-corrected chi connectivity index (χ4v) is 4.84. The van der Waals surface area contributed by atoms with Crippen molar-refractivity contribution in [2.24, 2.45) is 0 Å². The minimum Gasteiger partial charge on any atom is -0.399 e. The Morgan fingerprint density at radius 2 is 1.76 bits per heavy atom. The fraction of sp³-hybridized carbons (Fsp3) is 0.250. The maximum Gasteiger partial charge on any atom is 0.258 e. The molecule has 2 aliphatic rings. The van der Waals surface area contributed by atoms with Crippen molar-refractivity contribution < 1.29 is 4.79 Å². The number of hydrogen-bond acceptors (Lipinski definition) is 4. The summed E-state index contributed by atoms with van der Waals surface area (Å²) in [5.74, 6) is -0.104. The number of hydrogen-bond donors (Lipinski definition) is 3. The van der Waals surface area contributed by atoms with Crippen LogP contribution in [0.1, 0.15) is 40.3 Å². The zero-order chi connectivity index (χ0) is 23.1. The molecule has 4 N–H and O–H groups in total. The summed E-state index contributed by atoms with van der Waals surface area (Å²) in [6.07, 6.45) is 1.11. The lowest BCUT2D eigenvalue weighted by atomic mass is 9.94. The van der Waals surface area contributed by atoms with Crippen molar-refractivity contribution in [1.82, 2.24) is 4.90 Å². The molecule has 0 unspecified atom stereocenters. The first kappa shape index (κ1) is 21.3. The third kappa shape index (κ3) is 4.24. The molecular weight excluding hydrogens is 408 g/mol. The lowest BCUT2D eigenvalue weighted by molar-refractivity contribution is -0.110. The Kier molecular flexibility index (Phi) is 5.43. The van der Waals surface area contributed by atoms with Crippen molar-refractivity contribution in [2.45, 2.75) is 40.3 Å². The maximum atomic E-state index is 12.5. The van der Waals surface area contributed by atoms with Crippen molar-refractivity contribution in [3.05, 3.63) is 93.7 Å². The molecule has 5 heteroatoms. The molecule has 1 amide bonds. The standard InChI is InChI=1S/C28H30N4O/c1-17-12-21-10-11-32(16-22(21)13-18(17)2)15-20-4-7-24(8-5-20)30-19(3)27-25-14-23(29)6-9-26(25)31-28(27)33/h4-9,12-14,30H,10-11,15-16,29H2,1-3H3,(H,31,33). The number of rotatable bonds is 4. The topological polar surface area (TPSA) is 70.4 Å². The van der Waals surface area contributed by atoms with Gasteiger partial charge in [0.15, 0.2) is 0 Å². The van der Waals surface area contributed by atoms with Gasteiger partial charge in [0.05, 0.1) is 5.57 Å². The van der Waals surface area contributed by atoms with E-state index in [0.29, 0.717) is 11.3 Å². The van der Waals surface area contributed by atoms with Crippen LogP contribution in [0.2, 0.25) is 0 Å². The fourth-order valence-electron chi connectivity index (χ4n) is 4.84. The SMILES string of the molecule is CC(Nc1ccc(CN2CCc3cc(C)c(C)cc3C2)cc1)=C1C(=O)Nc2ccc(N)cc21. The average molecular weight is 439 g/mol. The molecule has 2 aliphatic heterocycles. The van der Waals surface area contributed by atoms with E-state index in [0.717, 1.165) is 48.7 Å². The van der Waals surface area contributed by atoms with E-state index >= 15 is 0 Å². The van der Waals surface area contributed by atoms with E-state index in [1.165, 1.54) is 27.8 Å². The molecule has 0 aromatic heterocycles. The van der Waals surface area contributed by atoms with Crippen LogP contribution in [-0.4, -0.2) is 17.4 Å². The van der Waals surface area contributed by atoms with Gasteiger partial charge in [0, 0.05) is 48.0 Å². The molecule has 0 bridgehead atoms. The minimum absolute atomic E-state index is 0.104. The van der Waals surface area contributed by atoms with Gasteiger partial charge in [-0.2, -0.15) is 0 Å². The molecule has 168 valence electrons. The van der Waals surface area contributed by atoms with Gasteiger partial charge >= 0.3 is 0 Å². The second-order valence-corrected chi connectivity index (χ2v) is 9.25. The van der Waals surface area contributed by atoms with Gasteiger partial charge in [-0.05, 0) is 85.3 Å². The molecule has 5 rings (SSSR count). The van der Waals surface area contributed by atoms with E-state index in [1.54, 1.807) is 6.07 Å². The van der Waals surface area contributed by atoms with Crippen LogP contribution in [0.3, 0.4) is 0 Å². The Labute approximate surface area is 195 Å². The molecule has 0 saturated heterocycles. The number of amides is 1. The van der Waals surface area contributed by atoms with E-state index < -0.39 is 0 Å². The lowest BCUT2D eigenvalue weighted by Crippen LogP contribution is -2.30. The molecule has 0 saturated carbocycles. The number of benzene rings is 3. The van der Waals surface area contributed by atoms with E-state index in [-0.39, 0.29) is 5.91 Å². The summed E-state index contributed by atoms with van der Waals surface area (Å²) in [6.45, 7) is 9.33.